The summed E-state index contributed by atoms with van der Waals surface area (Å²) in [6.07, 6.45) is -0.560. The van der Waals surface area contributed by atoms with Gasteiger partial charge in [-0.15, -0.1) is 0 Å². The van der Waals surface area contributed by atoms with E-state index in [1.807, 2.05) is 0 Å². The molecule has 0 fully saturated rings. The van der Waals surface area contributed by atoms with Crippen molar-refractivity contribution >= 4 is 11.7 Å². The lowest BCUT2D eigenvalue weighted by Crippen LogP contribution is -2.07. The number of hydrogen-bond donors (Lipinski definition) is 1. The topological polar surface area (TPSA) is 89.7 Å². The molecule has 7 heteroatoms. The molecule has 1 N–H and O–H groups in total. The van der Waals surface area contributed by atoms with Gasteiger partial charge in [-0.25, -0.2) is 0 Å². The number of benzene rings is 1. The molecule has 0 spiro atoms. The van der Waals surface area contributed by atoms with Gasteiger partial charge in [0, 0.05) is 11.6 Å². The Morgan fingerprint density at radius 2 is 2.25 bits per heavy atom. The highest BCUT2D eigenvalue weighted by Gasteiger charge is 2.22. The molecule has 1 aromatic rings. The van der Waals surface area contributed by atoms with E-state index < -0.39 is 40.1 Å². The van der Waals surface area contributed by atoms with E-state index in [1.54, 1.807) is 0 Å². The van der Waals surface area contributed by atoms with E-state index in [9.17, 15) is 24.4 Å². The second kappa shape index (κ2) is 4.56. The fourth-order valence-electron chi connectivity index (χ4n) is 1.12. The number of phenols is 1. The molecule has 0 saturated heterocycles. The summed E-state index contributed by atoms with van der Waals surface area (Å²) in [5.41, 5.74) is -1.24. The van der Waals surface area contributed by atoms with Gasteiger partial charge in [-0.3, -0.25) is 14.9 Å². The molecule has 0 atom stereocenters. The summed E-state index contributed by atoms with van der Waals surface area (Å²) in [6.45, 7) is 0. The maximum Gasteiger partial charge on any atom is 0.310 e. The van der Waals surface area contributed by atoms with E-state index in [2.05, 4.69) is 4.74 Å². The molecule has 0 saturated carbocycles. The van der Waals surface area contributed by atoms with Crippen molar-refractivity contribution in [2.24, 2.45) is 0 Å². The van der Waals surface area contributed by atoms with Crippen molar-refractivity contribution in [1.29, 1.82) is 0 Å². The van der Waals surface area contributed by atoms with Crippen LogP contribution in [0.1, 0.15) is 5.56 Å². The lowest BCUT2D eigenvalue weighted by molar-refractivity contribution is -0.387. The first-order valence-corrected chi connectivity index (χ1v) is 4.19. The molecule has 0 aliphatic rings. The zero-order chi connectivity index (χ0) is 12.3. The number of rotatable bonds is 3. The fourth-order valence-corrected chi connectivity index (χ4v) is 1.12. The predicted molar refractivity (Wildman–Crippen MR) is 50.4 cm³/mol. The Kier molecular flexibility index (Phi) is 3.39. The maximum absolute atomic E-state index is 13.5. The molecule has 0 amide bonds. The molecule has 86 valence electrons. The van der Waals surface area contributed by atoms with Crippen LogP contribution in [0.3, 0.4) is 0 Å². The van der Waals surface area contributed by atoms with Crippen molar-refractivity contribution in [2.75, 3.05) is 7.11 Å². The average Bonchev–Trinajstić information content (AvgIpc) is 2.23. The summed E-state index contributed by atoms with van der Waals surface area (Å²) in [6, 6.07) is 1.78. The van der Waals surface area contributed by atoms with Crippen molar-refractivity contribution < 1.29 is 24.0 Å². The number of ether oxygens (including phenoxy) is 1. The second-order valence-corrected chi connectivity index (χ2v) is 2.91. The van der Waals surface area contributed by atoms with Gasteiger partial charge in [0.05, 0.1) is 18.5 Å². The molecule has 0 bridgehead atoms. The van der Waals surface area contributed by atoms with Crippen molar-refractivity contribution in [2.45, 2.75) is 6.42 Å². The molecule has 0 aliphatic heterocycles. The van der Waals surface area contributed by atoms with Gasteiger partial charge >= 0.3 is 11.7 Å². The minimum absolute atomic E-state index is 0.443. The van der Waals surface area contributed by atoms with E-state index in [0.717, 1.165) is 19.2 Å². The van der Waals surface area contributed by atoms with E-state index in [0.29, 0.717) is 0 Å². The van der Waals surface area contributed by atoms with Gasteiger partial charge in [-0.2, -0.15) is 4.39 Å². The van der Waals surface area contributed by atoms with Gasteiger partial charge in [0.1, 0.15) is 5.75 Å². The Morgan fingerprint density at radius 1 is 1.62 bits per heavy atom. The van der Waals surface area contributed by atoms with Crippen LogP contribution in [0.4, 0.5) is 10.1 Å². The van der Waals surface area contributed by atoms with Crippen molar-refractivity contribution in [1.82, 2.24) is 0 Å². The number of aromatic hydroxyl groups is 1. The van der Waals surface area contributed by atoms with E-state index in [-0.39, 0.29) is 0 Å². The highest BCUT2D eigenvalue weighted by molar-refractivity contribution is 5.74. The Labute approximate surface area is 89.4 Å². The predicted octanol–water partition coefficient (Wildman–Crippen LogP) is 1.15. The largest absolute Gasteiger partial charge is 0.508 e. The van der Waals surface area contributed by atoms with Gasteiger partial charge in [0.25, 0.3) is 0 Å². The van der Waals surface area contributed by atoms with Gasteiger partial charge in [0.2, 0.25) is 5.82 Å². The van der Waals surface area contributed by atoms with Crippen LogP contribution in [0.15, 0.2) is 12.1 Å². The normalized spacial score (nSPS) is 9.88. The lowest BCUT2D eigenvalue weighted by atomic mass is 10.1. The number of hydrogen-bond acceptors (Lipinski definition) is 5. The summed E-state index contributed by atoms with van der Waals surface area (Å²) in [5, 5.41) is 19.7. The Bertz CT molecular complexity index is 446. The monoisotopic (exact) mass is 229 g/mol. The van der Waals surface area contributed by atoms with E-state index in [4.69, 9.17) is 0 Å². The van der Waals surface area contributed by atoms with Crippen LogP contribution in [-0.2, 0) is 16.0 Å². The lowest BCUT2D eigenvalue weighted by Gasteiger charge is -2.04. The number of esters is 1. The third-order valence-electron chi connectivity index (χ3n) is 1.94. The quantitative estimate of drug-likeness (QED) is 0.477. The number of nitrogens with zero attached hydrogens (tertiary/aromatic N) is 1. The summed E-state index contributed by atoms with van der Waals surface area (Å²) < 4.78 is 17.7. The summed E-state index contributed by atoms with van der Waals surface area (Å²) in [5.74, 6) is -2.54. The molecule has 0 radical (unpaired) electrons. The molecule has 6 nitrogen and oxygen atoms in total. The Balaban J connectivity index is 3.21. The number of carbonyl (C=O) groups excluding carboxylic acids is 1. The van der Waals surface area contributed by atoms with Crippen molar-refractivity contribution in [3.8, 4) is 5.75 Å². The van der Waals surface area contributed by atoms with Crippen LogP contribution in [0.25, 0.3) is 0 Å². The molecule has 0 unspecified atom stereocenters. The Morgan fingerprint density at radius 3 is 2.75 bits per heavy atom. The van der Waals surface area contributed by atoms with Gasteiger partial charge in [0.15, 0.2) is 0 Å². The van der Waals surface area contributed by atoms with Crippen LogP contribution in [0.2, 0.25) is 0 Å². The highest BCUT2D eigenvalue weighted by Crippen LogP contribution is 2.28. The summed E-state index contributed by atoms with van der Waals surface area (Å²) in [7, 11) is 1.09. The number of nitro groups is 1. The van der Waals surface area contributed by atoms with Crippen molar-refractivity contribution in [3.63, 3.8) is 0 Å². The van der Waals surface area contributed by atoms with Crippen LogP contribution in [0.5, 0.6) is 5.75 Å². The molecular weight excluding hydrogens is 221 g/mol. The Hall–Kier alpha value is -2.18. The van der Waals surface area contributed by atoms with E-state index in [1.165, 1.54) is 0 Å². The van der Waals surface area contributed by atoms with Crippen LogP contribution in [0, 0.1) is 15.9 Å². The second-order valence-electron chi connectivity index (χ2n) is 2.91. The third-order valence-corrected chi connectivity index (χ3v) is 1.94. The van der Waals surface area contributed by atoms with Crippen LogP contribution >= 0.6 is 0 Å². The molecule has 0 aromatic heterocycles. The number of nitro benzene ring substituents is 1. The number of methoxy groups -OCH3 is 1. The minimum atomic E-state index is -1.23. The van der Waals surface area contributed by atoms with Gasteiger partial charge in [-0.05, 0) is 6.07 Å². The number of halogens is 1. The van der Waals surface area contributed by atoms with Gasteiger partial charge in [-0.1, -0.05) is 0 Å². The van der Waals surface area contributed by atoms with Crippen molar-refractivity contribution in [3.05, 3.63) is 33.6 Å². The molecule has 0 heterocycles. The fraction of sp³-hybridized carbons (Fsp3) is 0.222. The van der Waals surface area contributed by atoms with Gasteiger partial charge < -0.3 is 9.84 Å². The summed E-state index contributed by atoms with van der Waals surface area (Å²) >= 11 is 0. The highest BCUT2D eigenvalue weighted by atomic mass is 19.1. The molecule has 0 aliphatic carbocycles. The zero-order valence-corrected chi connectivity index (χ0v) is 8.27. The maximum atomic E-state index is 13.5. The zero-order valence-electron chi connectivity index (χ0n) is 8.27. The minimum Gasteiger partial charge on any atom is -0.508 e. The first kappa shape index (κ1) is 11.9. The first-order valence-electron chi connectivity index (χ1n) is 4.19. The van der Waals surface area contributed by atoms with Crippen LogP contribution < -0.4 is 0 Å². The first-order chi connectivity index (χ1) is 7.47. The van der Waals surface area contributed by atoms with E-state index >= 15 is 0 Å². The molecule has 1 aromatic carbocycles. The standard InChI is InChI=1S/C9H8FNO5/c1-16-8(13)4-5-7(12)3-2-6(9(5)10)11(14)15/h2-3,12H,4H2,1H3. The summed E-state index contributed by atoms with van der Waals surface area (Å²) in [4.78, 5) is 20.4. The third kappa shape index (κ3) is 2.25. The average molecular weight is 229 g/mol. The number of phenolic OH excluding ortho intramolecular Hbond substituents is 1. The molecular formula is C9H8FNO5. The SMILES string of the molecule is COC(=O)Cc1c(O)ccc([N+](=O)[O-])c1F. The van der Waals surface area contributed by atoms with Crippen LogP contribution in [-0.4, -0.2) is 23.1 Å². The smallest absolute Gasteiger partial charge is 0.310 e. The molecule has 1 rings (SSSR count). The molecule has 16 heavy (non-hydrogen) atoms. The number of carbonyl (C=O) groups is 1.